The average Bonchev–Trinajstić information content (AvgIpc) is 3.09. The molecule has 0 bridgehead atoms. The number of ether oxygens (including phenoxy) is 1. The second-order valence-electron chi connectivity index (χ2n) is 6.97. The molecule has 6 nitrogen and oxygen atoms in total. The molecule has 2 N–H and O–H groups in total. The Morgan fingerprint density at radius 2 is 2.04 bits per heavy atom. The van der Waals surface area contributed by atoms with Crippen LogP contribution >= 0.6 is 0 Å². The van der Waals surface area contributed by atoms with Crippen molar-refractivity contribution in [2.75, 3.05) is 19.7 Å². The van der Waals surface area contributed by atoms with Gasteiger partial charge in [0.25, 0.3) is 0 Å². The van der Waals surface area contributed by atoms with Crippen LogP contribution in [0.2, 0.25) is 0 Å². The van der Waals surface area contributed by atoms with Crippen molar-refractivity contribution >= 4 is 22.8 Å². The number of rotatable bonds is 3. The summed E-state index contributed by atoms with van der Waals surface area (Å²) in [4.78, 5) is 23.5. The molecule has 2 amide bonds. The number of carbonyl (C=O) groups excluding carboxylic acids is 2. The third-order valence-electron chi connectivity index (χ3n) is 5.13. The Hall–Kier alpha value is -2.62. The Balaban J connectivity index is 1.48. The second-order valence-corrected chi connectivity index (χ2v) is 6.97. The second kappa shape index (κ2) is 7.95. The van der Waals surface area contributed by atoms with Gasteiger partial charge in [-0.3, -0.25) is 14.9 Å². The number of imide groups is 1. The molecule has 6 heteroatoms. The highest BCUT2D eigenvalue weighted by Gasteiger charge is 2.30. The fraction of sp³-hybridized carbons (Fsp3) is 0.429. The molecule has 2 aliphatic heterocycles. The summed E-state index contributed by atoms with van der Waals surface area (Å²) in [7, 11) is 0. The van der Waals surface area contributed by atoms with E-state index in [1.54, 1.807) is 6.26 Å². The standard InChI is InChI=1S/C21H22N2O4/c24-20-6-4-16(21(25)23-20)18-13-27-19-5-3-14(12-17(18)19)2-1-11-26-15-7-9-22-10-8-15/h3,5,12-13,15-16,22H,4,6-11H2,(H,23,24,25). The van der Waals surface area contributed by atoms with Gasteiger partial charge in [0, 0.05) is 22.9 Å². The summed E-state index contributed by atoms with van der Waals surface area (Å²) >= 11 is 0. The Kier molecular flexibility index (Phi) is 5.23. The predicted molar refractivity (Wildman–Crippen MR) is 100 cm³/mol. The first-order valence-corrected chi connectivity index (χ1v) is 9.37. The zero-order valence-corrected chi connectivity index (χ0v) is 15.0. The van der Waals surface area contributed by atoms with Gasteiger partial charge in [-0.2, -0.15) is 0 Å². The van der Waals surface area contributed by atoms with Crippen molar-refractivity contribution in [1.82, 2.24) is 10.6 Å². The SMILES string of the molecule is O=C1CCC(c2coc3ccc(C#CCOC4CCNCC4)cc23)C(=O)N1. The number of hydrogen-bond acceptors (Lipinski definition) is 5. The third-order valence-corrected chi connectivity index (χ3v) is 5.13. The molecule has 2 aliphatic rings. The molecule has 0 radical (unpaired) electrons. The van der Waals surface area contributed by atoms with E-state index in [2.05, 4.69) is 22.5 Å². The Bertz CT molecular complexity index is 915. The molecule has 27 heavy (non-hydrogen) atoms. The van der Waals surface area contributed by atoms with E-state index in [0.717, 1.165) is 42.4 Å². The van der Waals surface area contributed by atoms with Crippen LogP contribution in [0.15, 0.2) is 28.9 Å². The van der Waals surface area contributed by atoms with Crippen molar-refractivity contribution in [1.29, 1.82) is 0 Å². The molecule has 3 heterocycles. The number of nitrogens with one attached hydrogen (secondary N) is 2. The van der Waals surface area contributed by atoms with E-state index in [4.69, 9.17) is 9.15 Å². The number of hydrogen-bond donors (Lipinski definition) is 2. The van der Waals surface area contributed by atoms with Crippen LogP contribution in [-0.4, -0.2) is 37.6 Å². The normalized spacial score (nSPS) is 21.0. The van der Waals surface area contributed by atoms with E-state index < -0.39 is 0 Å². The van der Waals surface area contributed by atoms with Gasteiger partial charge in [-0.05, 0) is 50.6 Å². The summed E-state index contributed by atoms with van der Waals surface area (Å²) in [6, 6.07) is 5.70. The Labute approximate surface area is 157 Å². The molecular weight excluding hydrogens is 344 g/mol. The molecule has 0 aliphatic carbocycles. The highest BCUT2D eigenvalue weighted by molar-refractivity contribution is 6.02. The van der Waals surface area contributed by atoms with Crippen LogP contribution in [-0.2, 0) is 14.3 Å². The smallest absolute Gasteiger partial charge is 0.234 e. The first-order valence-electron chi connectivity index (χ1n) is 9.37. The number of carbonyl (C=O) groups is 2. The molecule has 2 saturated heterocycles. The number of fused-ring (bicyclic) bond motifs is 1. The maximum atomic E-state index is 12.2. The first kappa shape index (κ1) is 17.8. The van der Waals surface area contributed by atoms with E-state index in [0.29, 0.717) is 25.0 Å². The van der Waals surface area contributed by atoms with Gasteiger partial charge in [0.15, 0.2) is 0 Å². The lowest BCUT2D eigenvalue weighted by molar-refractivity contribution is -0.134. The maximum Gasteiger partial charge on any atom is 0.234 e. The van der Waals surface area contributed by atoms with Crippen LogP contribution in [0.25, 0.3) is 11.0 Å². The summed E-state index contributed by atoms with van der Waals surface area (Å²) in [5.41, 5.74) is 2.38. The van der Waals surface area contributed by atoms with Crippen molar-refractivity contribution in [2.24, 2.45) is 0 Å². The van der Waals surface area contributed by atoms with Crippen LogP contribution < -0.4 is 10.6 Å². The van der Waals surface area contributed by atoms with Gasteiger partial charge in [-0.15, -0.1) is 0 Å². The third kappa shape index (κ3) is 4.05. The minimum Gasteiger partial charge on any atom is -0.464 e. The summed E-state index contributed by atoms with van der Waals surface area (Å²) in [6.45, 7) is 2.41. The minimum atomic E-state index is -0.365. The largest absolute Gasteiger partial charge is 0.464 e. The van der Waals surface area contributed by atoms with Crippen LogP contribution in [0.5, 0.6) is 0 Å². The van der Waals surface area contributed by atoms with Crippen LogP contribution in [0, 0.1) is 11.8 Å². The lowest BCUT2D eigenvalue weighted by Crippen LogP contribution is -2.39. The van der Waals surface area contributed by atoms with Crippen molar-refractivity contribution in [3.05, 3.63) is 35.6 Å². The van der Waals surface area contributed by atoms with E-state index >= 15 is 0 Å². The molecule has 2 fully saturated rings. The monoisotopic (exact) mass is 366 g/mol. The van der Waals surface area contributed by atoms with E-state index in [-0.39, 0.29) is 23.8 Å². The van der Waals surface area contributed by atoms with Crippen molar-refractivity contribution < 1.29 is 18.7 Å². The van der Waals surface area contributed by atoms with Gasteiger partial charge in [0.2, 0.25) is 11.8 Å². The zero-order chi connectivity index (χ0) is 18.6. The lowest BCUT2D eigenvalue weighted by Gasteiger charge is -2.21. The van der Waals surface area contributed by atoms with E-state index in [9.17, 15) is 9.59 Å². The quantitative estimate of drug-likeness (QED) is 0.642. The van der Waals surface area contributed by atoms with Gasteiger partial charge < -0.3 is 14.5 Å². The van der Waals surface area contributed by atoms with Crippen LogP contribution in [0.4, 0.5) is 0 Å². The fourth-order valence-corrected chi connectivity index (χ4v) is 3.65. The molecule has 4 rings (SSSR count). The topological polar surface area (TPSA) is 80.6 Å². The number of piperidine rings is 2. The minimum absolute atomic E-state index is 0.218. The van der Waals surface area contributed by atoms with Crippen molar-refractivity contribution in [2.45, 2.75) is 37.7 Å². The summed E-state index contributed by atoms with van der Waals surface area (Å²) < 4.78 is 11.4. The van der Waals surface area contributed by atoms with Crippen molar-refractivity contribution in [3.8, 4) is 11.8 Å². The van der Waals surface area contributed by atoms with E-state index in [1.807, 2.05) is 18.2 Å². The Morgan fingerprint density at radius 3 is 2.85 bits per heavy atom. The van der Waals surface area contributed by atoms with E-state index in [1.165, 1.54) is 0 Å². The molecule has 1 atom stereocenters. The molecule has 1 unspecified atom stereocenters. The maximum absolute atomic E-state index is 12.2. The highest BCUT2D eigenvalue weighted by Crippen LogP contribution is 2.32. The average molecular weight is 366 g/mol. The summed E-state index contributed by atoms with van der Waals surface area (Å²) in [5, 5.41) is 6.58. The van der Waals surface area contributed by atoms with Gasteiger partial charge in [0.05, 0.1) is 18.3 Å². The fourth-order valence-electron chi connectivity index (χ4n) is 3.65. The molecule has 1 aromatic carbocycles. The number of benzene rings is 1. The van der Waals surface area contributed by atoms with Gasteiger partial charge in [0.1, 0.15) is 12.2 Å². The molecule has 1 aromatic heterocycles. The Morgan fingerprint density at radius 1 is 1.19 bits per heavy atom. The number of amides is 2. The molecule has 0 saturated carbocycles. The molecule has 2 aromatic rings. The first-order chi connectivity index (χ1) is 13.2. The predicted octanol–water partition coefficient (Wildman–Crippen LogP) is 2.07. The number of furan rings is 1. The van der Waals surface area contributed by atoms with Crippen LogP contribution in [0.1, 0.15) is 42.7 Å². The highest BCUT2D eigenvalue weighted by atomic mass is 16.5. The summed E-state index contributed by atoms with van der Waals surface area (Å²) in [5.74, 6) is 5.35. The molecule has 140 valence electrons. The van der Waals surface area contributed by atoms with Gasteiger partial charge in [-0.1, -0.05) is 11.8 Å². The van der Waals surface area contributed by atoms with Gasteiger partial charge in [-0.25, -0.2) is 0 Å². The molecular formula is C21H22N2O4. The van der Waals surface area contributed by atoms with Crippen LogP contribution in [0.3, 0.4) is 0 Å². The van der Waals surface area contributed by atoms with Gasteiger partial charge >= 0.3 is 0 Å². The zero-order valence-electron chi connectivity index (χ0n) is 15.0. The van der Waals surface area contributed by atoms with Crippen molar-refractivity contribution in [3.63, 3.8) is 0 Å². The molecule has 0 spiro atoms. The summed E-state index contributed by atoms with van der Waals surface area (Å²) in [6.07, 6.45) is 4.80. The lowest BCUT2D eigenvalue weighted by atomic mass is 9.90.